The zero-order valence-corrected chi connectivity index (χ0v) is 18.3. The molecule has 1 atom stereocenters. The van der Waals surface area contributed by atoms with Crippen molar-refractivity contribution < 1.29 is 18.4 Å². The van der Waals surface area contributed by atoms with Crippen LogP contribution in [0.5, 0.6) is 5.75 Å². The summed E-state index contributed by atoms with van der Waals surface area (Å²) in [5, 5.41) is 15.9. The van der Waals surface area contributed by atoms with Crippen molar-refractivity contribution in [2.45, 2.75) is 17.9 Å². The van der Waals surface area contributed by atoms with E-state index in [0.717, 1.165) is 19.7 Å². The van der Waals surface area contributed by atoms with Crippen molar-refractivity contribution >= 4 is 38.7 Å². The Labute approximate surface area is 182 Å². The third-order valence-electron chi connectivity index (χ3n) is 4.67. The molecule has 3 N–H and O–H groups in total. The number of hydrogen-bond acceptors (Lipinski definition) is 9. The van der Waals surface area contributed by atoms with Crippen LogP contribution in [0.3, 0.4) is 0 Å². The standard InChI is InChI=1S/C19H19ClN4O6S/c1-10(11-6-8-21-9-7-11)22-14-15(18(27)17(14)26)23-13-5-4-12(20)19(16(13)25)31(28,29)24(2)30-3/h4-10,22-23,25H,1-3H3. The minimum absolute atomic E-state index is 0.0158. The second kappa shape index (κ2) is 8.63. The van der Waals surface area contributed by atoms with Crippen molar-refractivity contribution in [1.29, 1.82) is 0 Å². The van der Waals surface area contributed by atoms with Gasteiger partial charge in [-0.15, -0.1) is 0 Å². The summed E-state index contributed by atoms with van der Waals surface area (Å²) in [5.74, 6) is -0.724. The number of hydroxylamine groups is 1. The predicted octanol–water partition coefficient (Wildman–Crippen LogP) is 2.14. The van der Waals surface area contributed by atoms with Crippen LogP contribution >= 0.6 is 11.6 Å². The Hall–Kier alpha value is -2.99. The van der Waals surface area contributed by atoms with E-state index in [4.69, 9.17) is 16.4 Å². The second-order valence-electron chi connectivity index (χ2n) is 6.55. The Kier molecular flexibility index (Phi) is 6.32. The van der Waals surface area contributed by atoms with E-state index in [9.17, 15) is 23.1 Å². The van der Waals surface area contributed by atoms with E-state index in [0.29, 0.717) is 4.47 Å². The SMILES string of the molecule is CON(C)S(=O)(=O)c1c(Cl)ccc(Nc2c(NC(C)c3ccncc3)c(=O)c2=O)c1O. The number of phenolic OH excluding ortho intramolecular Hbond substituents is 1. The molecule has 2 aromatic carbocycles. The molecule has 3 rings (SSSR count). The highest BCUT2D eigenvalue weighted by Gasteiger charge is 2.30. The lowest BCUT2D eigenvalue weighted by Crippen LogP contribution is -2.37. The normalized spacial score (nSPS) is 12.8. The van der Waals surface area contributed by atoms with Gasteiger partial charge in [0.2, 0.25) is 0 Å². The fraction of sp³-hybridized carbons (Fsp3) is 0.211. The number of phenols is 1. The Morgan fingerprint density at radius 1 is 1.13 bits per heavy atom. The lowest BCUT2D eigenvalue weighted by molar-refractivity contribution is -0.0259. The van der Waals surface area contributed by atoms with Crippen LogP contribution in [0.15, 0.2) is 51.1 Å². The van der Waals surface area contributed by atoms with E-state index in [-0.39, 0.29) is 28.1 Å². The number of benzene rings is 1. The number of aromatic hydroxyl groups is 1. The number of sulfonamides is 1. The molecular weight excluding hydrogens is 448 g/mol. The number of hydrogen-bond donors (Lipinski definition) is 3. The molecule has 31 heavy (non-hydrogen) atoms. The first-order valence-corrected chi connectivity index (χ1v) is 10.7. The molecule has 12 heteroatoms. The fourth-order valence-corrected chi connectivity index (χ4v) is 4.42. The lowest BCUT2D eigenvalue weighted by atomic mass is 10.1. The smallest absolute Gasteiger partial charge is 0.269 e. The van der Waals surface area contributed by atoms with E-state index in [2.05, 4.69) is 15.6 Å². The number of anilines is 3. The van der Waals surface area contributed by atoms with Crippen LogP contribution in [0.4, 0.5) is 17.1 Å². The number of rotatable bonds is 8. The quantitative estimate of drug-likeness (QED) is 0.259. The van der Waals surface area contributed by atoms with Crippen molar-refractivity contribution in [3.63, 3.8) is 0 Å². The van der Waals surface area contributed by atoms with Crippen LogP contribution in [0.2, 0.25) is 5.02 Å². The third kappa shape index (κ3) is 4.12. The van der Waals surface area contributed by atoms with Gasteiger partial charge in [0, 0.05) is 25.5 Å². The number of aromatic nitrogens is 1. The highest BCUT2D eigenvalue weighted by molar-refractivity contribution is 7.89. The van der Waals surface area contributed by atoms with Gasteiger partial charge in [0.1, 0.15) is 16.3 Å². The number of pyridine rings is 1. The molecule has 1 aromatic heterocycles. The van der Waals surface area contributed by atoms with Gasteiger partial charge in [0.05, 0.1) is 17.8 Å². The molecule has 0 saturated heterocycles. The second-order valence-corrected chi connectivity index (χ2v) is 8.83. The van der Waals surface area contributed by atoms with Crippen LogP contribution in [0.25, 0.3) is 0 Å². The first-order chi connectivity index (χ1) is 14.6. The van der Waals surface area contributed by atoms with Crippen molar-refractivity contribution in [2.24, 2.45) is 0 Å². The molecule has 0 aliphatic carbocycles. The molecule has 0 spiro atoms. The number of halogens is 1. The molecule has 0 aliphatic heterocycles. The zero-order chi connectivity index (χ0) is 22.9. The van der Waals surface area contributed by atoms with Crippen LogP contribution in [0, 0.1) is 0 Å². The van der Waals surface area contributed by atoms with Gasteiger partial charge in [-0.3, -0.25) is 19.4 Å². The molecule has 0 bridgehead atoms. The molecule has 3 aromatic rings. The van der Waals surface area contributed by atoms with Gasteiger partial charge in [0.15, 0.2) is 5.75 Å². The van der Waals surface area contributed by atoms with Crippen molar-refractivity contribution in [3.8, 4) is 5.75 Å². The minimum Gasteiger partial charge on any atom is -0.504 e. The molecule has 0 amide bonds. The highest BCUT2D eigenvalue weighted by Crippen LogP contribution is 2.40. The Morgan fingerprint density at radius 3 is 2.35 bits per heavy atom. The maximum absolute atomic E-state index is 12.6. The molecule has 0 aliphatic rings. The Bertz CT molecular complexity index is 1290. The summed E-state index contributed by atoms with van der Waals surface area (Å²) in [6.07, 6.45) is 3.19. The first-order valence-electron chi connectivity index (χ1n) is 8.90. The summed E-state index contributed by atoms with van der Waals surface area (Å²) in [6, 6.07) is 5.71. The van der Waals surface area contributed by atoms with E-state index in [1.54, 1.807) is 31.5 Å². The number of nitrogens with one attached hydrogen (secondary N) is 2. The average molecular weight is 467 g/mol. The summed E-state index contributed by atoms with van der Waals surface area (Å²) in [5.41, 5.74) is -0.923. The summed E-state index contributed by atoms with van der Waals surface area (Å²) in [6.45, 7) is 1.79. The monoisotopic (exact) mass is 466 g/mol. The summed E-state index contributed by atoms with van der Waals surface area (Å²) in [4.78, 5) is 32.3. The Morgan fingerprint density at radius 2 is 1.74 bits per heavy atom. The predicted molar refractivity (Wildman–Crippen MR) is 116 cm³/mol. The van der Waals surface area contributed by atoms with E-state index in [1.807, 2.05) is 0 Å². The first kappa shape index (κ1) is 22.7. The van der Waals surface area contributed by atoms with Gasteiger partial charge >= 0.3 is 0 Å². The largest absolute Gasteiger partial charge is 0.504 e. The molecule has 0 saturated carbocycles. The topological polar surface area (TPSA) is 138 Å². The average Bonchev–Trinajstić information content (AvgIpc) is 2.76. The highest BCUT2D eigenvalue weighted by atomic mass is 35.5. The fourth-order valence-electron chi connectivity index (χ4n) is 2.85. The molecule has 1 heterocycles. The third-order valence-corrected chi connectivity index (χ3v) is 6.86. The molecule has 0 radical (unpaired) electrons. The zero-order valence-electron chi connectivity index (χ0n) is 16.7. The molecule has 1 unspecified atom stereocenters. The summed E-state index contributed by atoms with van der Waals surface area (Å²) < 4.78 is 25.7. The number of nitrogens with zero attached hydrogens (tertiary/aromatic N) is 2. The molecular formula is C19H19ClN4O6S. The van der Waals surface area contributed by atoms with Gasteiger partial charge < -0.3 is 15.7 Å². The Balaban J connectivity index is 1.96. The molecule has 10 nitrogen and oxygen atoms in total. The molecule has 0 fully saturated rings. The van der Waals surface area contributed by atoms with E-state index in [1.165, 1.54) is 12.1 Å². The van der Waals surface area contributed by atoms with Crippen molar-refractivity contribution in [3.05, 3.63) is 67.7 Å². The van der Waals surface area contributed by atoms with Gasteiger partial charge in [0.25, 0.3) is 20.9 Å². The van der Waals surface area contributed by atoms with Gasteiger partial charge in [-0.25, -0.2) is 8.42 Å². The van der Waals surface area contributed by atoms with E-state index < -0.39 is 31.5 Å². The van der Waals surface area contributed by atoms with E-state index >= 15 is 0 Å². The van der Waals surface area contributed by atoms with Crippen molar-refractivity contribution in [2.75, 3.05) is 24.8 Å². The van der Waals surface area contributed by atoms with Crippen LogP contribution < -0.4 is 21.5 Å². The van der Waals surface area contributed by atoms with Crippen LogP contribution in [-0.2, 0) is 14.9 Å². The van der Waals surface area contributed by atoms with Crippen LogP contribution in [-0.4, -0.2) is 37.1 Å². The van der Waals surface area contributed by atoms with Gasteiger partial charge in [-0.05, 0) is 36.8 Å². The lowest BCUT2D eigenvalue weighted by Gasteiger charge is -2.21. The summed E-state index contributed by atoms with van der Waals surface area (Å²) >= 11 is 5.99. The maximum Gasteiger partial charge on any atom is 0.269 e. The van der Waals surface area contributed by atoms with Gasteiger partial charge in [-0.2, -0.15) is 0 Å². The maximum atomic E-state index is 12.6. The molecule has 164 valence electrons. The van der Waals surface area contributed by atoms with Gasteiger partial charge in [-0.1, -0.05) is 16.1 Å². The van der Waals surface area contributed by atoms with Crippen molar-refractivity contribution in [1.82, 2.24) is 9.45 Å². The van der Waals surface area contributed by atoms with Crippen LogP contribution in [0.1, 0.15) is 18.5 Å². The minimum atomic E-state index is -4.29. The summed E-state index contributed by atoms with van der Waals surface area (Å²) in [7, 11) is -2.03.